The summed E-state index contributed by atoms with van der Waals surface area (Å²) in [5, 5.41) is 2.11. The maximum Gasteiger partial charge on any atom is 0.414 e. The van der Waals surface area contributed by atoms with Gasteiger partial charge in [-0.2, -0.15) is 0 Å². The Balaban J connectivity index is 1.82. The molecule has 0 aliphatic carbocycles. The number of carbonyl (C=O) groups excluding carboxylic acids is 2. The Hall–Kier alpha value is -2.04. The maximum atomic E-state index is 11.4. The summed E-state index contributed by atoms with van der Waals surface area (Å²) < 4.78 is 10.5. The van der Waals surface area contributed by atoms with Crippen molar-refractivity contribution in [2.45, 2.75) is 38.7 Å². The van der Waals surface area contributed by atoms with Crippen molar-refractivity contribution in [3.8, 4) is 5.75 Å². The van der Waals surface area contributed by atoms with Crippen LogP contribution in [-0.2, 0) is 16.0 Å². The first-order valence-electron chi connectivity index (χ1n) is 6.92. The molecule has 0 spiro atoms. The van der Waals surface area contributed by atoms with E-state index in [1.54, 1.807) is 0 Å². The van der Waals surface area contributed by atoms with Gasteiger partial charge in [0.05, 0.1) is 6.61 Å². The van der Waals surface area contributed by atoms with Crippen LogP contribution in [0.4, 0.5) is 4.79 Å². The van der Waals surface area contributed by atoms with Crippen LogP contribution in [0.5, 0.6) is 5.75 Å². The average molecular weight is 277 g/mol. The van der Waals surface area contributed by atoms with Crippen LogP contribution in [0.2, 0.25) is 0 Å². The summed E-state index contributed by atoms with van der Waals surface area (Å²) in [5.74, 6) is 0.438. The summed E-state index contributed by atoms with van der Waals surface area (Å²) in [6.45, 7) is 2.87. The van der Waals surface area contributed by atoms with E-state index in [0.717, 1.165) is 24.3 Å². The van der Waals surface area contributed by atoms with E-state index in [9.17, 15) is 9.59 Å². The van der Waals surface area contributed by atoms with E-state index in [-0.39, 0.29) is 5.91 Å². The van der Waals surface area contributed by atoms with Crippen LogP contribution in [0.1, 0.15) is 31.7 Å². The number of nitrogens with one attached hydrogen (secondary N) is 1. The summed E-state index contributed by atoms with van der Waals surface area (Å²) in [4.78, 5) is 22.3. The van der Waals surface area contributed by atoms with E-state index < -0.39 is 12.2 Å². The summed E-state index contributed by atoms with van der Waals surface area (Å²) >= 11 is 0. The van der Waals surface area contributed by atoms with Crippen molar-refractivity contribution in [2.75, 3.05) is 6.61 Å². The molecule has 0 radical (unpaired) electrons. The molecule has 1 N–H and O–H groups in total. The molecule has 1 aromatic rings. The molecule has 0 bridgehead atoms. The first-order chi connectivity index (χ1) is 9.69. The molecule has 1 atom stereocenters. The third-order valence-corrected chi connectivity index (χ3v) is 3.13. The molecule has 1 fully saturated rings. The van der Waals surface area contributed by atoms with Gasteiger partial charge in [-0.05, 0) is 24.1 Å². The van der Waals surface area contributed by atoms with Crippen LogP contribution < -0.4 is 10.1 Å². The number of benzene rings is 1. The number of amides is 2. The number of imide groups is 1. The number of alkyl carbamates (subject to hydrolysis) is 1. The predicted octanol–water partition coefficient (Wildman–Crippen LogP) is 2.43. The Morgan fingerprint density at radius 1 is 1.20 bits per heavy atom. The molecule has 1 unspecified atom stereocenters. The normalized spacial score (nSPS) is 17.8. The van der Waals surface area contributed by atoms with Gasteiger partial charge in [0.2, 0.25) is 0 Å². The highest BCUT2D eigenvalue weighted by Crippen LogP contribution is 2.16. The van der Waals surface area contributed by atoms with Gasteiger partial charge in [-0.25, -0.2) is 4.79 Å². The molecule has 5 heteroatoms. The zero-order valence-electron chi connectivity index (χ0n) is 11.6. The highest BCUT2D eigenvalue weighted by molar-refractivity contribution is 6.00. The fourth-order valence-electron chi connectivity index (χ4n) is 2.01. The molecule has 1 aliphatic heterocycles. The molecule has 1 aliphatic rings. The summed E-state index contributed by atoms with van der Waals surface area (Å²) in [6.07, 6.45) is 2.38. The largest absolute Gasteiger partial charge is 0.494 e. The quantitative estimate of drug-likeness (QED) is 0.777. The highest BCUT2D eigenvalue weighted by atomic mass is 16.6. The number of unbranched alkanes of at least 4 members (excludes halogenated alkanes) is 2. The van der Waals surface area contributed by atoms with Crippen LogP contribution in [0.25, 0.3) is 0 Å². The van der Waals surface area contributed by atoms with Crippen LogP contribution in [0.3, 0.4) is 0 Å². The second-order valence-electron chi connectivity index (χ2n) is 4.79. The lowest BCUT2D eigenvalue weighted by Crippen LogP contribution is -2.25. The zero-order chi connectivity index (χ0) is 14.4. The van der Waals surface area contributed by atoms with Crippen LogP contribution >= 0.6 is 0 Å². The lowest BCUT2D eigenvalue weighted by molar-refractivity contribution is -0.123. The van der Waals surface area contributed by atoms with E-state index in [0.29, 0.717) is 6.42 Å². The van der Waals surface area contributed by atoms with Crippen molar-refractivity contribution in [3.05, 3.63) is 29.8 Å². The second-order valence-corrected chi connectivity index (χ2v) is 4.79. The van der Waals surface area contributed by atoms with Crippen molar-refractivity contribution in [1.82, 2.24) is 5.32 Å². The molecule has 108 valence electrons. The predicted molar refractivity (Wildman–Crippen MR) is 73.6 cm³/mol. The Labute approximate surface area is 118 Å². The van der Waals surface area contributed by atoms with Gasteiger partial charge in [0.25, 0.3) is 5.91 Å². The molecule has 2 rings (SSSR count). The lowest BCUT2D eigenvalue weighted by Gasteiger charge is -2.08. The van der Waals surface area contributed by atoms with Gasteiger partial charge < -0.3 is 9.47 Å². The molecule has 1 saturated heterocycles. The van der Waals surface area contributed by atoms with E-state index in [2.05, 4.69) is 12.2 Å². The number of carbonyl (C=O) groups is 2. The summed E-state index contributed by atoms with van der Waals surface area (Å²) in [7, 11) is 0. The number of rotatable bonds is 7. The molecule has 5 nitrogen and oxygen atoms in total. The van der Waals surface area contributed by atoms with Crippen molar-refractivity contribution >= 4 is 12.0 Å². The third kappa shape index (κ3) is 3.98. The van der Waals surface area contributed by atoms with Crippen molar-refractivity contribution in [3.63, 3.8) is 0 Å². The smallest absolute Gasteiger partial charge is 0.414 e. The van der Waals surface area contributed by atoms with Crippen LogP contribution in [0, 0.1) is 0 Å². The van der Waals surface area contributed by atoms with Gasteiger partial charge in [-0.15, -0.1) is 0 Å². The highest BCUT2D eigenvalue weighted by Gasteiger charge is 2.31. The molecular formula is C15H19NO4. The Kier molecular flexibility index (Phi) is 4.98. The molecule has 20 heavy (non-hydrogen) atoms. The maximum absolute atomic E-state index is 11.4. The number of hydrogen-bond acceptors (Lipinski definition) is 4. The zero-order valence-corrected chi connectivity index (χ0v) is 11.6. The molecular weight excluding hydrogens is 258 g/mol. The lowest BCUT2D eigenvalue weighted by atomic mass is 10.1. The topological polar surface area (TPSA) is 64.6 Å². The molecule has 0 saturated carbocycles. The Morgan fingerprint density at radius 2 is 1.95 bits per heavy atom. The van der Waals surface area contributed by atoms with E-state index in [1.807, 2.05) is 24.3 Å². The average Bonchev–Trinajstić information content (AvgIpc) is 2.75. The van der Waals surface area contributed by atoms with Gasteiger partial charge in [-0.1, -0.05) is 31.9 Å². The minimum absolute atomic E-state index is 0.380. The molecule has 2 amide bonds. The molecule has 0 aromatic heterocycles. The first-order valence-corrected chi connectivity index (χ1v) is 6.92. The Morgan fingerprint density at radius 3 is 2.55 bits per heavy atom. The van der Waals surface area contributed by atoms with Crippen LogP contribution in [-0.4, -0.2) is 24.7 Å². The van der Waals surface area contributed by atoms with E-state index >= 15 is 0 Å². The van der Waals surface area contributed by atoms with Gasteiger partial charge >= 0.3 is 6.09 Å². The third-order valence-electron chi connectivity index (χ3n) is 3.13. The van der Waals surface area contributed by atoms with Crippen molar-refractivity contribution in [2.24, 2.45) is 0 Å². The van der Waals surface area contributed by atoms with Gasteiger partial charge in [0.15, 0.2) is 6.10 Å². The fraction of sp³-hybridized carbons (Fsp3) is 0.467. The van der Waals surface area contributed by atoms with Crippen molar-refractivity contribution in [1.29, 1.82) is 0 Å². The standard InChI is InChI=1S/C15H19NO4/c1-2-3-4-9-19-12-7-5-11(6-8-12)10-13-14(17)16-15(18)20-13/h5-8,13H,2-4,9-10H2,1H3,(H,16,17,18). The number of cyclic esters (lactones) is 1. The number of ether oxygens (including phenoxy) is 2. The molecule has 1 heterocycles. The monoisotopic (exact) mass is 277 g/mol. The van der Waals surface area contributed by atoms with E-state index in [1.165, 1.54) is 12.8 Å². The number of hydrogen-bond donors (Lipinski definition) is 1. The van der Waals surface area contributed by atoms with Gasteiger partial charge in [0.1, 0.15) is 5.75 Å². The van der Waals surface area contributed by atoms with Gasteiger partial charge in [0, 0.05) is 6.42 Å². The first kappa shape index (κ1) is 14.4. The van der Waals surface area contributed by atoms with Gasteiger partial charge in [-0.3, -0.25) is 10.1 Å². The molecule has 1 aromatic carbocycles. The minimum atomic E-state index is -0.723. The minimum Gasteiger partial charge on any atom is -0.494 e. The second kappa shape index (κ2) is 6.93. The van der Waals surface area contributed by atoms with Crippen LogP contribution in [0.15, 0.2) is 24.3 Å². The van der Waals surface area contributed by atoms with E-state index in [4.69, 9.17) is 9.47 Å². The Bertz CT molecular complexity index is 469. The fourth-order valence-corrected chi connectivity index (χ4v) is 2.01. The summed E-state index contributed by atoms with van der Waals surface area (Å²) in [6, 6.07) is 7.51. The summed E-state index contributed by atoms with van der Waals surface area (Å²) in [5.41, 5.74) is 0.931. The SMILES string of the molecule is CCCCCOc1ccc(CC2OC(=O)NC2=O)cc1. The van der Waals surface area contributed by atoms with Crippen molar-refractivity contribution < 1.29 is 19.1 Å².